The third-order valence-electron chi connectivity index (χ3n) is 4.02. The molecule has 0 aliphatic carbocycles. The van der Waals surface area contributed by atoms with E-state index in [0.717, 1.165) is 12.5 Å². The summed E-state index contributed by atoms with van der Waals surface area (Å²) in [6.07, 6.45) is 1.41. The highest BCUT2D eigenvalue weighted by Crippen LogP contribution is 2.18. The van der Waals surface area contributed by atoms with Crippen molar-refractivity contribution in [1.82, 2.24) is 10.3 Å². The van der Waals surface area contributed by atoms with Crippen molar-refractivity contribution >= 4 is 17.6 Å². The Morgan fingerprint density at radius 2 is 2.21 bits per heavy atom. The summed E-state index contributed by atoms with van der Waals surface area (Å²) >= 11 is 5.92. The van der Waals surface area contributed by atoms with Crippen molar-refractivity contribution < 1.29 is 18.7 Å². The molecule has 2 unspecified atom stereocenters. The zero-order valence-electron chi connectivity index (χ0n) is 15.6. The Morgan fingerprint density at radius 1 is 1.43 bits per heavy atom. The molecule has 1 aromatic carbocycles. The molecule has 1 heterocycles. The van der Waals surface area contributed by atoms with E-state index < -0.39 is 17.9 Å². The van der Waals surface area contributed by atoms with Crippen molar-refractivity contribution in [2.45, 2.75) is 32.4 Å². The van der Waals surface area contributed by atoms with Gasteiger partial charge in [-0.05, 0) is 37.6 Å². The van der Waals surface area contributed by atoms with Crippen LogP contribution in [0.3, 0.4) is 0 Å². The lowest BCUT2D eigenvalue weighted by molar-refractivity contribution is 0.0165. The molecule has 2 aromatic rings. The maximum atomic E-state index is 13.7. The Hall–Kier alpha value is -2.69. The number of nitrogens with zero attached hydrogens (tertiary/aromatic N) is 2. The lowest BCUT2D eigenvalue weighted by Crippen LogP contribution is -2.39. The number of nitriles is 1. The first-order valence-corrected chi connectivity index (χ1v) is 9.19. The number of pyridine rings is 1. The van der Waals surface area contributed by atoms with Crippen molar-refractivity contribution in [3.63, 3.8) is 0 Å². The largest absolute Gasteiger partial charge is 0.473 e. The fourth-order valence-electron chi connectivity index (χ4n) is 2.25. The van der Waals surface area contributed by atoms with Crippen molar-refractivity contribution in [2.24, 2.45) is 0 Å². The van der Waals surface area contributed by atoms with E-state index in [9.17, 15) is 9.18 Å². The number of hydrogen-bond acceptors (Lipinski definition) is 6. The van der Waals surface area contributed by atoms with Crippen LogP contribution in [0.15, 0.2) is 36.5 Å². The maximum absolute atomic E-state index is 13.7. The van der Waals surface area contributed by atoms with E-state index in [1.165, 1.54) is 12.3 Å². The first-order valence-electron chi connectivity index (χ1n) is 8.81. The molecule has 1 aromatic heterocycles. The molecular formula is C20H21ClFN3O3. The zero-order chi connectivity index (χ0) is 20.5. The number of hydrogen-bond donors (Lipinski definition) is 1. The van der Waals surface area contributed by atoms with E-state index in [4.69, 9.17) is 26.3 Å². The fourth-order valence-corrected chi connectivity index (χ4v) is 2.44. The van der Waals surface area contributed by atoms with Gasteiger partial charge in [-0.15, -0.1) is 0 Å². The van der Waals surface area contributed by atoms with Gasteiger partial charge < -0.3 is 14.8 Å². The minimum Gasteiger partial charge on any atom is -0.473 e. The minimum atomic E-state index is -0.724. The Morgan fingerprint density at radius 3 is 2.89 bits per heavy atom. The molecule has 2 atom stereocenters. The predicted octanol–water partition coefficient (Wildman–Crippen LogP) is 3.74. The monoisotopic (exact) mass is 405 g/mol. The summed E-state index contributed by atoms with van der Waals surface area (Å²) in [6, 6.07) is 9.40. The number of carbonyl (C=O) groups excluding carboxylic acids is 1. The van der Waals surface area contributed by atoms with Gasteiger partial charge in [0.1, 0.15) is 30.2 Å². The summed E-state index contributed by atoms with van der Waals surface area (Å²) in [5.41, 5.74) is 0.0138. The van der Waals surface area contributed by atoms with Crippen LogP contribution >= 0.6 is 11.6 Å². The lowest BCUT2D eigenvalue weighted by Gasteiger charge is -2.21. The van der Waals surface area contributed by atoms with Gasteiger partial charge in [0.15, 0.2) is 0 Å². The Bertz CT molecular complexity index is 857. The topological polar surface area (TPSA) is 84.2 Å². The van der Waals surface area contributed by atoms with Gasteiger partial charge in [-0.25, -0.2) is 14.2 Å². The van der Waals surface area contributed by atoms with Crippen LogP contribution in [0.1, 0.15) is 36.2 Å². The number of esters is 1. The van der Waals surface area contributed by atoms with Crippen LogP contribution in [0.5, 0.6) is 5.88 Å². The molecule has 148 valence electrons. The number of benzene rings is 1. The van der Waals surface area contributed by atoms with Gasteiger partial charge in [0.25, 0.3) is 0 Å². The van der Waals surface area contributed by atoms with Crippen molar-refractivity contribution in [1.29, 1.82) is 5.26 Å². The van der Waals surface area contributed by atoms with E-state index in [-0.39, 0.29) is 24.1 Å². The first-order chi connectivity index (χ1) is 13.4. The molecular weight excluding hydrogens is 385 g/mol. The number of halogens is 2. The average molecular weight is 406 g/mol. The van der Waals surface area contributed by atoms with Crippen LogP contribution in [0.25, 0.3) is 0 Å². The van der Waals surface area contributed by atoms with Crippen LogP contribution in [-0.4, -0.2) is 36.3 Å². The summed E-state index contributed by atoms with van der Waals surface area (Å²) in [5.74, 6) is -1.43. The second-order valence-electron chi connectivity index (χ2n) is 6.15. The quantitative estimate of drug-likeness (QED) is 0.640. The molecule has 0 saturated heterocycles. The molecule has 0 aliphatic heterocycles. The summed E-state index contributed by atoms with van der Waals surface area (Å²) in [7, 11) is 0. The second-order valence-corrected chi connectivity index (χ2v) is 6.59. The molecule has 0 radical (unpaired) electrons. The van der Waals surface area contributed by atoms with Gasteiger partial charge in [0.2, 0.25) is 5.88 Å². The average Bonchev–Trinajstić information content (AvgIpc) is 2.69. The van der Waals surface area contributed by atoms with Crippen LogP contribution in [0.2, 0.25) is 5.02 Å². The molecule has 0 saturated carbocycles. The molecule has 0 aliphatic rings. The smallest absolute Gasteiger partial charge is 0.338 e. The number of nitrogens with one attached hydrogen (secondary N) is 1. The zero-order valence-corrected chi connectivity index (χ0v) is 16.4. The molecule has 2 rings (SSSR count). The highest BCUT2D eigenvalue weighted by atomic mass is 35.5. The summed E-state index contributed by atoms with van der Waals surface area (Å²) in [5, 5.41) is 12.7. The third kappa shape index (κ3) is 6.19. The molecule has 0 fully saturated rings. The minimum absolute atomic E-state index is 0.0964. The lowest BCUT2D eigenvalue weighted by atomic mass is 10.2. The van der Waals surface area contributed by atoms with Crippen LogP contribution in [0.4, 0.5) is 4.39 Å². The molecule has 8 heteroatoms. The molecule has 0 bridgehead atoms. The van der Waals surface area contributed by atoms with E-state index in [2.05, 4.69) is 10.3 Å². The SMILES string of the molecule is CCC(C)NCC(COc1nccc(F)c1C#N)OC(=O)c1cccc(Cl)c1. The molecule has 28 heavy (non-hydrogen) atoms. The maximum Gasteiger partial charge on any atom is 0.338 e. The third-order valence-corrected chi connectivity index (χ3v) is 4.26. The van der Waals surface area contributed by atoms with Gasteiger partial charge in [-0.2, -0.15) is 5.26 Å². The number of carbonyl (C=O) groups is 1. The number of aromatic nitrogens is 1. The van der Waals surface area contributed by atoms with Gasteiger partial charge in [-0.1, -0.05) is 24.6 Å². The Balaban J connectivity index is 2.10. The molecule has 1 N–H and O–H groups in total. The number of ether oxygens (including phenoxy) is 2. The van der Waals surface area contributed by atoms with E-state index in [0.29, 0.717) is 17.1 Å². The normalized spacial score (nSPS) is 12.7. The second kappa shape index (κ2) is 10.6. The highest BCUT2D eigenvalue weighted by Gasteiger charge is 2.20. The Labute approximate surface area is 168 Å². The standard InChI is InChI=1S/C20H21ClFN3O3/c1-3-13(2)25-11-16(28-20(26)14-5-4-6-15(21)9-14)12-27-19-17(10-23)18(22)7-8-24-19/h4-9,13,16,25H,3,11-12H2,1-2H3. The number of rotatable bonds is 9. The van der Waals surface area contributed by atoms with E-state index in [1.807, 2.05) is 13.8 Å². The van der Waals surface area contributed by atoms with Gasteiger partial charge >= 0.3 is 5.97 Å². The molecule has 0 spiro atoms. The first kappa shape index (κ1) is 21.6. The van der Waals surface area contributed by atoms with Crippen LogP contribution in [-0.2, 0) is 4.74 Å². The van der Waals surface area contributed by atoms with Crippen molar-refractivity contribution in [3.05, 3.63) is 58.5 Å². The van der Waals surface area contributed by atoms with Crippen LogP contribution in [0, 0.1) is 17.1 Å². The summed E-state index contributed by atoms with van der Waals surface area (Å²) in [6.45, 7) is 4.25. The fraction of sp³-hybridized carbons (Fsp3) is 0.350. The molecule has 0 amide bonds. The van der Waals surface area contributed by atoms with Crippen LogP contribution < -0.4 is 10.1 Å². The highest BCUT2D eigenvalue weighted by molar-refractivity contribution is 6.30. The van der Waals surface area contributed by atoms with Gasteiger partial charge in [0, 0.05) is 23.8 Å². The van der Waals surface area contributed by atoms with Gasteiger partial charge in [-0.3, -0.25) is 0 Å². The molecule has 6 nitrogen and oxygen atoms in total. The summed E-state index contributed by atoms with van der Waals surface area (Å²) < 4.78 is 24.7. The Kier molecular flexibility index (Phi) is 8.18. The van der Waals surface area contributed by atoms with E-state index in [1.54, 1.807) is 24.3 Å². The van der Waals surface area contributed by atoms with Crippen molar-refractivity contribution in [3.8, 4) is 11.9 Å². The van der Waals surface area contributed by atoms with E-state index >= 15 is 0 Å². The predicted molar refractivity (Wildman–Crippen MR) is 103 cm³/mol. The van der Waals surface area contributed by atoms with Crippen molar-refractivity contribution in [2.75, 3.05) is 13.2 Å². The van der Waals surface area contributed by atoms with Gasteiger partial charge in [0.05, 0.1) is 5.56 Å². The summed E-state index contributed by atoms with van der Waals surface area (Å²) in [4.78, 5) is 16.3.